The number of hydrogen-bond acceptors (Lipinski definition) is 1. The van der Waals surface area contributed by atoms with Gasteiger partial charge in [0.25, 0.3) is 0 Å². The smallest absolute Gasteiger partial charge is 0.0639 e. The second-order valence-electron chi connectivity index (χ2n) is 3.51. The van der Waals surface area contributed by atoms with Crippen molar-refractivity contribution < 1.29 is 0 Å². The van der Waals surface area contributed by atoms with Gasteiger partial charge in [0.2, 0.25) is 0 Å². The van der Waals surface area contributed by atoms with E-state index >= 15 is 0 Å². The van der Waals surface area contributed by atoms with Crippen molar-refractivity contribution in [1.29, 1.82) is 0 Å². The Bertz CT molecular complexity index is 413. The molecule has 1 aromatic heterocycles. The molecule has 11 heavy (non-hydrogen) atoms. The summed E-state index contributed by atoms with van der Waals surface area (Å²) in [5.41, 5.74) is 0. The normalized spacial score (nSPS) is 31.4. The Balaban J connectivity index is 2.45. The van der Waals surface area contributed by atoms with Crippen LogP contribution in [0.15, 0.2) is 6.20 Å². The molecule has 0 bridgehead atoms. The maximum absolute atomic E-state index is 4.21. The molecule has 0 amide bonds. The van der Waals surface area contributed by atoms with Gasteiger partial charge in [-0.25, -0.2) is 0 Å². The van der Waals surface area contributed by atoms with Gasteiger partial charge in [-0.15, -0.1) is 0 Å². The van der Waals surface area contributed by atoms with E-state index in [9.17, 15) is 0 Å². The summed E-state index contributed by atoms with van der Waals surface area (Å²) in [5, 5.41) is 6.84. The molecule has 2 heteroatoms. The van der Waals surface area contributed by atoms with E-state index in [1.165, 1.54) is 17.0 Å². The molecular formula is C9H10N2. The largest absolute Gasteiger partial charge is 0.268 e. The second kappa shape index (κ2) is 1.58. The van der Waals surface area contributed by atoms with E-state index in [1.807, 2.05) is 17.9 Å². The highest BCUT2D eigenvalue weighted by molar-refractivity contribution is 5.47. The van der Waals surface area contributed by atoms with Gasteiger partial charge in [-0.1, -0.05) is 12.2 Å². The van der Waals surface area contributed by atoms with E-state index in [0.717, 1.165) is 11.8 Å². The molecule has 0 radical (unpaired) electrons. The number of hydrogen-bond donors (Lipinski definition) is 0. The highest BCUT2D eigenvalue weighted by Crippen LogP contribution is 2.41. The predicted molar refractivity (Wildman–Crippen MR) is 43.0 cm³/mol. The fourth-order valence-electron chi connectivity index (χ4n) is 1.85. The van der Waals surface area contributed by atoms with E-state index in [1.54, 1.807) is 0 Å². The van der Waals surface area contributed by atoms with E-state index in [2.05, 4.69) is 17.3 Å². The van der Waals surface area contributed by atoms with Gasteiger partial charge in [0.05, 0.1) is 11.5 Å². The average molecular weight is 146 g/mol. The Morgan fingerprint density at radius 3 is 3.18 bits per heavy atom. The third-order valence-corrected chi connectivity index (χ3v) is 2.67. The van der Waals surface area contributed by atoms with Gasteiger partial charge in [-0.05, 0) is 18.3 Å². The Kier molecular flexibility index (Phi) is 0.799. The topological polar surface area (TPSA) is 17.8 Å². The first-order valence-corrected chi connectivity index (χ1v) is 4.06. The Labute approximate surface area is 64.8 Å². The zero-order valence-electron chi connectivity index (χ0n) is 6.49. The van der Waals surface area contributed by atoms with Crippen molar-refractivity contribution in [2.24, 2.45) is 18.9 Å². The van der Waals surface area contributed by atoms with Crippen LogP contribution in [0.5, 0.6) is 0 Å². The lowest BCUT2D eigenvalue weighted by molar-refractivity contribution is 0.738. The van der Waals surface area contributed by atoms with Crippen LogP contribution in [0, 0.1) is 11.8 Å². The molecule has 2 atom stereocenters. The Morgan fingerprint density at radius 1 is 1.45 bits per heavy atom. The maximum atomic E-state index is 4.21. The molecule has 2 unspecified atom stereocenters. The van der Waals surface area contributed by atoms with Crippen molar-refractivity contribution in [3.63, 3.8) is 0 Å². The van der Waals surface area contributed by atoms with Crippen LogP contribution >= 0.6 is 0 Å². The molecule has 2 aliphatic rings. The Hall–Kier alpha value is -1.05. The summed E-state index contributed by atoms with van der Waals surface area (Å²) >= 11 is 0. The van der Waals surface area contributed by atoms with Gasteiger partial charge >= 0.3 is 0 Å². The molecule has 2 nitrogen and oxygen atoms in total. The SMILES string of the molecule is Cn1ncc2c1=CC1CC1C=2. The minimum Gasteiger partial charge on any atom is -0.268 e. The molecule has 0 aliphatic heterocycles. The number of aryl methyl sites for hydroxylation is 1. The fraction of sp³-hybridized carbons (Fsp3) is 0.444. The van der Waals surface area contributed by atoms with Crippen molar-refractivity contribution in [3.05, 3.63) is 16.8 Å². The number of nitrogens with zero attached hydrogens (tertiary/aromatic N) is 2. The van der Waals surface area contributed by atoms with Crippen LogP contribution in [-0.4, -0.2) is 9.78 Å². The molecule has 1 saturated carbocycles. The van der Waals surface area contributed by atoms with E-state index in [-0.39, 0.29) is 0 Å². The van der Waals surface area contributed by atoms with Crippen molar-refractivity contribution in [3.8, 4) is 0 Å². The predicted octanol–water partition coefficient (Wildman–Crippen LogP) is -0.369. The molecule has 1 heterocycles. The Morgan fingerprint density at radius 2 is 2.27 bits per heavy atom. The van der Waals surface area contributed by atoms with Crippen LogP contribution in [0.2, 0.25) is 0 Å². The lowest BCUT2D eigenvalue weighted by Crippen LogP contribution is -2.29. The minimum absolute atomic E-state index is 0.831. The zero-order valence-corrected chi connectivity index (χ0v) is 6.49. The fourth-order valence-corrected chi connectivity index (χ4v) is 1.85. The summed E-state index contributed by atoms with van der Waals surface area (Å²) in [6.45, 7) is 0. The molecule has 0 N–H and O–H groups in total. The first kappa shape index (κ1) is 5.58. The summed E-state index contributed by atoms with van der Waals surface area (Å²) in [4.78, 5) is 0. The lowest BCUT2D eigenvalue weighted by atomic mass is 10.2. The molecule has 0 aromatic carbocycles. The molecule has 56 valence electrons. The zero-order chi connectivity index (χ0) is 7.42. The summed E-state index contributed by atoms with van der Waals surface area (Å²) in [6, 6.07) is 0. The van der Waals surface area contributed by atoms with Crippen LogP contribution in [0.3, 0.4) is 0 Å². The molecule has 0 saturated heterocycles. The van der Waals surface area contributed by atoms with Crippen molar-refractivity contribution in [1.82, 2.24) is 9.78 Å². The van der Waals surface area contributed by atoms with Crippen LogP contribution in [-0.2, 0) is 7.05 Å². The van der Waals surface area contributed by atoms with Crippen LogP contribution in [0.4, 0.5) is 0 Å². The average Bonchev–Trinajstić information content (AvgIpc) is 2.68. The molecule has 2 aliphatic carbocycles. The van der Waals surface area contributed by atoms with E-state index < -0.39 is 0 Å². The lowest BCUT2D eigenvalue weighted by Gasteiger charge is -1.93. The summed E-state index contributed by atoms with van der Waals surface area (Å²) < 4.78 is 1.96. The number of fused-ring (bicyclic) bond motifs is 2. The summed E-state index contributed by atoms with van der Waals surface area (Å²) in [5.74, 6) is 1.67. The van der Waals surface area contributed by atoms with Gasteiger partial charge in [0, 0.05) is 12.3 Å². The quantitative estimate of drug-likeness (QED) is 0.488. The van der Waals surface area contributed by atoms with Crippen molar-refractivity contribution in [2.45, 2.75) is 6.42 Å². The van der Waals surface area contributed by atoms with Crippen LogP contribution in [0.1, 0.15) is 6.42 Å². The minimum atomic E-state index is 0.831. The third kappa shape index (κ3) is 0.642. The second-order valence-corrected chi connectivity index (χ2v) is 3.51. The highest BCUT2D eigenvalue weighted by Gasteiger charge is 2.34. The van der Waals surface area contributed by atoms with Gasteiger partial charge in [-0.3, -0.25) is 4.68 Å². The van der Waals surface area contributed by atoms with Crippen LogP contribution in [0.25, 0.3) is 12.2 Å². The van der Waals surface area contributed by atoms with Gasteiger partial charge in [-0.2, -0.15) is 5.10 Å². The molecule has 1 aromatic rings. The van der Waals surface area contributed by atoms with E-state index in [4.69, 9.17) is 0 Å². The molecule has 1 fully saturated rings. The standard InChI is InChI=1S/C9H10N2/c1-11-9-4-7-2-6(7)3-8(9)5-10-11/h3-7H,2H2,1H3. The monoisotopic (exact) mass is 146 g/mol. The first-order valence-electron chi connectivity index (χ1n) is 4.06. The van der Waals surface area contributed by atoms with Crippen molar-refractivity contribution in [2.75, 3.05) is 0 Å². The van der Waals surface area contributed by atoms with Gasteiger partial charge in [0.15, 0.2) is 0 Å². The number of aromatic nitrogens is 2. The van der Waals surface area contributed by atoms with Gasteiger partial charge in [0.1, 0.15) is 0 Å². The molecule has 0 spiro atoms. The van der Waals surface area contributed by atoms with Gasteiger partial charge < -0.3 is 0 Å². The van der Waals surface area contributed by atoms with E-state index in [0.29, 0.717) is 0 Å². The highest BCUT2D eigenvalue weighted by atomic mass is 15.2. The molecule has 3 rings (SSSR count). The van der Waals surface area contributed by atoms with Crippen molar-refractivity contribution >= 4 is 12.2 Å². The first-order chi connectivity index (χ1) is 5.34. The van der Waals surface area contributed by atoms with Crippen LogP contribution < -0.4 is 10.6 Å². The summed E-state index contributed by atoms with van der Waals surface area (Å²) in [6.07, 6.45) is 8.02. The third-order valence-electron chi connectivity index (χ3n) is 2.67. The number of rotatable bonds is 0. The summed E-state index contributed by atoms with van der Waals surface area (Å²) in [7, 11) is 2.01. The maximum Gasteiger partial charge on any atom is 0.0639 e. The molecular weight excluding hydrogens is 136 g/mol.